The molecular weight excluding hydrogens is 260 g/mol. The second-order valence-electron chi connectivity index (χ2n) is 5.14. The molecule has 104 valence electrons. The number of aromatic nitrogens is 1. The highest BCUT2D eigenvalue weighted by Crippen LogP contribution is 2.14. The third-order valence-electron chi connectivity index (χ3n) is 2.58. The predicted molar refractivity (Wildman–Crippen MR) is 84.8 cm³/mol. The van der Waals surface area contributed by atoms with E-state index in [0.29, 0.717) is 6.04 Å². The lowest BCUT2D eigenvalue weighted by atomic mass is 10.2. The molecule has 18 heavy (non-hydrogen) atoms. The number of nitrogens with zero attached hydrogens (tertiary/aromatic N) is 1. The molecule has 4 heteroatoms. The number of thioether (sulfide) groups is 1. The van der Waals surface area contributed by atoms with Gasteiger partial charge in [-0.25, -0.2) is 4.98 Å². The molecule has 1 aromatic heterocycles. The largest absolute Gasteiger partial charge is 0.313 e. The summed E-state index contributed by atoms with van der Waals surface area (Å²) in [4.78, 5) is 4.57. The van der Waals surface area contributed by atoms with Gasteiger partial charge in [0.15, 0.2) is 0 Å². The Bertz CT molecular complexity index is 323. The standard InChI is InChI=1S/C14H26N2S2/c1-5-6-15-13(9-17-8-11(2)3)7-14-10-18-12(4)16-14/h10-11,13,15H,5-9H2,1-4H3. The third-order valence-corrected chi connectivity index (χ3v) is 4.94. The van der Waals surface area contributed by atoms with E-state index in [9.17, 15) is 0 Å². The highest BCUT2D eigenvalue weighted by atomic mass is 32.2. The lowest BCUT2D eigenvalue weighted by Gasteiger charge is -2.17. The van der Waals surface area contributed by atoms with Crippen LogP contribution in [0.25, 0.3) is 0 Å². The molecule has 0 radical (unpaired) electrons. The van der Waals surface area contributed by atoms with Gasteiger partial charge in [0.25, 0.3) is 0 Å². The molecule has 1 atom stereocenters. The van der Waals surface area contributed by atoms with Crippen LogP contribution in [0.3, 0.4) is 0 Å². The second kappa shape index (κ2) is 8.94. The van der Waals surface area contributed by atoms with E-state index in [0.717, 1.165) is 18.9 Å². The Balaban J connectivity index is 2.39. The lowest BCUT2D eigenvalue weighted by molar-refractivity contribution is 0.545. The molecular formula is C14H26N2S2. The first-order valence-corrected chi connectivity index (χ1v) is 8.87. The van der Waals surface area contributed by atoms with Crippen LogP contribution in [0.5, 0.6) is 0 Å². The molecule has 0 spiro atoms. The van der Waals surface area contributed by atoms with E-state index in [-0.39, 0.29) is 0 Å². The van der Waals surface area contributed by atoms with Crippen LogP contribution >= 0.6 is 23.1 Å². The average Bonchev–Trinajstić information content (AvgIpc) is 2.71. The third kappa shape index (κ3) is 6.76. The Morgan fingerprint density at radius 3 is 2.72 bits per heavy atom. The van der Waals surface area contributed by atoms with E-state index >= 15 is 0 Å². The number of thiazole rings is 1. The lowest BCUT2D eigenvalue weighted by Crippen LogP contribution is -2.34. The van der Waals surface area contributed by atoms with Crippen molar-refractivity contribution in [3.05, 3.63) is 16.1 Å². The maximum absolute atomic E-state index is 4.57. The molecule has 0 aliphatic carbocycles. The van der Waals surface area contributed by atoms with Crippen molar-refractivity contribution in [2.75, 3.05) is 18.1 Å². The summed E-state index contributed by atoms with van der Waals surface area (Å²) in [5, 5.41) is 7.02. The number of aryl methyl sites for hydroxylation is 1. The van der Waals surface area contributed by atoms with Gasteiger partial charge >= 0.3 is 0 Å². The van der Waals surface area contributed by atoms with Gasteiger partial charge < -0.3 is 5.32 Å². The summed E-state index contributed by atoms with van der Waals surface area (Å²) in [5.74, 6) is 3.22. The SMILES string of the molecule is CCCNC(CSCC(C)C)Cc1csc(C)n1. The van der Waals surface area contributed by atoms with Crippen LogP contribution in [0, 0.1) is 12.8 Å². The Labute approximate surface area is 120 Å². The summed E-state index contributed by atoms with van der Waals surface area (Å²) < 4.78 is 0. The Kier molecular flexibility index (Phi) is 7.95. The van der Waals surface area contributed by atoms with E-state index in [1.165, 1.54) is 28.6 Å². The van der Waals surface area contributed by atoms with Crippen molar-refractivity contribution in [3.8, 4) is 0 Å². The summed E-state index contributed by atoms with van der Waals surface area (Å²) >= 11 is 3.81. The van der Waals surface area contributed by atoms with Crippen molar-refractivity contribution < 1.29 is 0 Å². The molecule has 0 saturated carbocycles. The fraction of sp³-hybridized carbons (Fsp3) is 0.786. The van der Waals surface area contributed by atoms with E-state index in [2.05, 4.69) is 55.1 Å². The number of hydrogen-bond donors (Lipinski definition) is 1. The monoisotopic (exact) mass is 286 g/mol. The fourth-order valence-corrected chi connectivity index (χ4v) is 3.49. The molecule has 1 rings (SSSR count). The van der Waals surface area contributed by atoms with Crippen molar-refractivity contribution in [1.82, 2.24) is 10.3 Å². The minimum absolute atomic E-state index is 0.565. The van der Waals surface area contributed by atoms with Crippen LogP contribution < -0.4 is 5.32 Å². The van der Waals surface area contributed by atoms with Crippen molar-refractivity contribution in [3.63, 3.8) is 0 Å². The van der Waals surface area contributed by atoms with E-state index in [1.54, 1.807) is 11.3 Å². The smallest absolute Gasteiger partial charge is 0.0897 e. The summed E-state index contributed by atoms with van der Waals surface area (Å²) in [5.41, 5.74) is 1.25. The Morgan fingerprint density at radius 1 is 1.39 bits per heavy atom. The second-order valence-corrected chi connectivity index (χ2v) is 7.28. The first-order chi connectivity index (χ1) is 8.61. The van der Waals surface area contributed by atoms with Crippen molar-refractivity contribution in [2.24, 2.45) is 5.92 Å². The van der Waals surface area contributed by atoms with Crippen LogP contribution in [0.4, 0.5) is 0 Å². The van der Waals surface area contributed by atoms with Gasteiger partial charge in [-0.3, -0.25) is 0 Å². The summed E-state index contributed by atoms with van der Waals surface area (Å²) in [6.45, 7) is 9.97. The van der Waals surface area contributed by atoms with Crippen molar-refractivity contribution >= 4 is 23.1 Å². The number of rotatable bonds is 9. The van der Waals surface area contributed by atoms with Crippen LogP contribution in [-0.2, 0) is 6.42 Å². The normalized spacial score (nSPS) is 13.2. The molecule has 0 saturated heterocycles. The molecule has 1 aromatic rings. The maximum atomic E-state index is 4.57. The highest BCUT2D eigenvalue weighted by molar-refractivity contribution is 7.99. The Morgan fingerprint density at radius 2 is 2.17 bits per heavy atom. The minimum Gasteiger partial charge on any atom is -0.313 e. The zero-order valence-electron chi connectivity index (χ0n) is 12.0. The molecule has 0 aliphatic rings. The highest BCUT2D eigenvalue weighted by Gasteiger charge is 2.11. The van der Waals surface area contributed by atoms with Crippen LogP contribution in [0.2, 0.25) is 0 Å². The van der Waals surface area contributed by atoms with Crippen molar-refractivity contribution in [2.45, 2.75) is 46.6 Å². The average molecular weight is 287 g/mol. The predicted octanol–water partition coefficient (Wildman–Crippen LogP) is 3.75. The fourth-order valence-electron chi connectivity index (χ4n) is 1.74. The van der Waals surface area contributed by atoms with Gasteiger partial charge in [0.05, 0.1) is 10.7 Å². The molecule has 1 heterocycles. The van der Waals surface area contributed by atoms with Gasteiger partial charge in [-0.15, -0.1) is 11.3 Å². The summed E-state index contributed by atoms with van der Waals surface area (Å²) in [6, 6.07) is 0.565. The van der Waals surface area contributed by atoms with E-state index in [1.807, 2.05) is 0 Å². The molecule has 0 amide bonds. The molecule has 0 fully saturated rings. The van der Waals surface area contributed by atoms with Gasteiger partial charge in [0, 0.05) is 23.6 Å². The Hall–Kier alpha value is -0.0600. The minimum atomic E-state index is 0.565. The molecule has 0 aliphatic heterocycles. The first-order valence-electron chi connectivity index (χ1n) is 6.84. The zero-order chi connectivity index (χ0) is 13.4. The van der Waals surface area contributed by atoms with Gasteiger partial charge in [-0.05, 0) is 31.6 Å². The van der Waals surface area contributed by atoms with Crippen molar-refractivity contribution in [1.29, 1.82) is 0 Å². The quantitative estimate of drug-likeness (QED) is 0.748. The molecule has 1 N–H and O–H groups in total. The van der Waals surface area contributed by atoms with Crippen LogP contribution in [-0.4, -0.2) is 29.1 Å². The van der Waals surface area contributed by atoms with Crippen LogP contribution in [0.1, 0.15) is 37.9 Å². The van der Waals surface area contributed by atoms with Gasteiger partial charge in [-0.1, -0.05) is 20.8 Å². The maximum Gasteiger partial charge on any atom is 0.0897 e. The molecule has 0 bridgehead atoms. The van der Waals surface area contributed by atoms with Gasteiger partial charge in [-0.2, -0.15) is 11.8 Å². The van der Waals surface area contributed by atoms with Crippen LogP contribution in [0.15, 0.2) is 5.38 Å². The van der Waals surface area contributed by atoms with Gasteiger partial charge in [0.2, 0.25) is 0 Å². The number of nitrogens with one attached hydrogen (secondary N) is 1. The van der Waals surface area contributed by atoms with Gasteiger partial charge in [0.1, 0.15) is 0 Å². The summed E-state index contributed by atoms with van der Waals surface area (Å²) in [6.07, 6.45) is 2.26. The molecule has 0 aromatic carbocycles. The van der Waals surface area contributed by atoms with E-state index < -0.39 is 0 Å². The first kappa shape index (κ1) is 16.0. The molecule has 2 nitrogen and oxygen atoms in total. The number of hydrogen-bond acceptors (Lipinski definition) is 4. The molecule has 1 unspecified atom stereocenters. The zero-order valence-corrected chi connectivity index (χ0v) is 13.7. The topological polar surface area (TPSA) is 24.9 Å². The summed E-state index contributed by atoms with van der Waals surface area (Å²) in [7, 11) is 0. The van der Waals surface area contributed by atoms with E-state index in [4.69, 9.17) is 0 Å².